The number of hydrogen-bond acceptors (Lipinski definition) is 4. The number of nitriles is 1. The molecule has 0 saturated heterocycles. The molecule has 0 unspecified atom stereocenters. The molecule has 0 aliphatic rings. The molecular weight excluding hydrogens is 351 g/mol. The van der Waals surface area contributed by atoms with Gasteiger partial charge in [-0.1, -0.05) is 29.3 Å². The molecule has 5 nitrogen and oxygen atoms in total. The molecule has 0 heterocycles. The van der Waals surface area contributed by atoms with Crippen molar-refractivity contribution in [3.05, 3.63) is 63.6 Å². The van der Waals surface area contributed by atoms with Crippen LogP contribution in [0.5, 0.6) is 0 Å². The highest BCUT2D eigenvalue weighted by Gasteiger charge is 2.19. The van der Waals surface area contributed by atoms with Crippen molar-refractivity contribution in [2.24, 2.45) is 0 Å². The van der Waals surface area contributed by atoms with Crippen molar-refractivity contribution < 1.29 is 14.3 Å². The summed E-state index contributed by atoms with van der Waals surface area (Å²) in [5.41, 5.74) is 0.918. The Bertz CT molecular complexity index is 811. The summed E-state index contributed by atoms with van der Waals surface area (Å²) in [6, 6.07) is 12.5. The summed E-state index contributed by atoms with van der Waals surface area (Å²) in [6.45, 7) is 1.44. The molecule has 0 radical (unpaired) electrons. The van der Waals surface area contributed by atoms with Gasteiger partial charge in [0.25, 0.3) is 5.91 Å². The van der Waals surface area contributed by atoms with Gasteiger partial charge >= 0.3 is 5.97 Å². The van der Waals surface area contributed by atoms with E-state index in [2.05, 4.69) is 5.32 Å². The number of nitrogens with one attached hydrogen (secondary N) is 1. The van der Waals surface area contributed by atoms with Crippen LogP contribution in [0.15, 0.2) is 42.5 Å². The number of ether oxygens (including phenoxy) is 1. The number of rotatable bonds is 4. The second-order valence-corrected chi connectivity index (χ2v) is 5.76. The van der Waals surface area contributed by atoms with Crippen molar-refractivity contribution in [2.45, 2.75) is 13.0 Å². The molecule has 0 spiro atoms. The standard InChI is InChI=1S/C17H12Cl2N2O3/c1-10(16(22)21-15-7-13(18)6-14(19)8-15)24-17(23)12-4-2-3-11(5-12)9-20/h2-8,10H,1H3,(H,21,22)/t10-/m1/s1. The van der Waals surface area contributed by atoms with Crippen LogP contribution in [-0.4, -0.2) is 18.0 Å². The first-order valence-corrected chi connectivity index (χ1v) is 7.63. The largest absolute Gasteiger partial charge is 0.449 e. The van der Waals surface area contributed by atoms with Gasteiger partial charge in [-0.25, -0.2) is 4.79 Å². The SMILES string of the molecule is C[C@@H](OC(=O)c1cccc(C#N)c1)C(=O)Nc1cc(Cl)cc(Cl)c1. The summed E-state index contributed by atoms with van der Waals surface area (Å²) >= 11 is 11.7. The van der Waals surface area contributed by atoms with Crippen molar-refractivity contribution in [2.75, 3.05) is 5.32 Å². The van der Waals surface area contributed by atoms with Gasteiger partial charge < -0.3 is 10.1 Å². The van der Waals surface area contributed by atoms with Gasteiger partial charge in [-0.05, 0) is 43.3 Å². The molecule has 24 heavy (non-hydrogen) atoms. The fourth-order valence-electron chi connectivity index (χ4n) is 1.87. The van der Waals surface area contributed by atoms with E-state index < -0.39 is 18.0 Å². The first kappa shape index (κ1) is 17.8. The third kappa shape index (κ3) is 4.72. The van der Waals surface area contributed by atoms with Crippen molar-refractivity contribution >= 4 is 40.8 Å². The van der Waals surface area contributed by atoms with Gasteiger partial charge in [0.1, 0.15) is 0 Å². The number of carbonyl (C=O) groups excluding carboxylic acids is 2. The van der Waals surface area contributed by atoms with Crippen LogP contribution in [0, 0.1) is 11.3 Å². The Labute approximate surface area is 148 Å². The van der Waals surface area contributed by atoms with Crippen molar-refractivity contribution in [1.29, 1.82) is 5.26 Å². The quantitative estimate of drug-likeness (QED) is 0.832. The number of hydrogen-bond donors (Lipinski definition) is 1. The van der Waals surface area contributed by atoms with Crippen LogP contribution >= 0.6 is 23.2 Å². The maximum absolute atomic E-state index is 12.1. The van der Waals surface area contributed by atoms with Crippen molar-refractivity contribution in [3.63, 3.8) is 0 Å². The van der Waals surface area contributed by atoms with Gasteiger partial charge in [0.2, 0.25) is 0 Å². The average molecular weight is 363 g/mol. The molecule has 2 rings (SSSR count). The van der Waals surface area contributed by atoms with Crippen LogP contribution < -0.4 is 5.32 Å². The molecule has 0 aliphatic carbocycles. The Morgan fingerprint density at radius 2 is 1.83 bits per heavy atom. The third-order valence-electron chi connectivity index (χ3n) is 3.01. The van der Waals surface area contributed by atoms with Gasteiger partial charge in [0, 0.05) is 15.7 Å². The summed E-state index contributed by atoms with van der Waals surface area (Å²) in [5, 5.41) is 12.1. The zero-order valence-corrected chi connectivity index (χ0v) is 14.1. The molecule has 2 aromatic rings. The number of halogens is 2. The molecule has 122 valence electrons. The third-order valence-corrected chi connectivity index (χ3v) is 3.45. The Morgan fingerprint density at radius 3 is 2.46 bits per heavy atom. The highest BCUT2D eigenvalue weighted by molar-refractivity contribution is 6.35. The molecule has 2 aromatic carbocycles. The van der Waals surface area contributed by atoms with Gasteiger partial charge in [-0.15, -0.1) is 0 Å². The van der Waals surface area contributed by atoms with Crippen LogP contribution in [0.3, 0.4) is 0 Å². The van der Waals surface area contributed by atoms with Gasteiger partial charge in [-0.2, -0.15) is 5.26 Å². The van der Waals surface area contributed by atoms with Crippen LogP contribution in [0.1, 0.15) is 22.8 Å². The van der Waals surface area contributed by atoms with E-state index in [1.807, 2.05) is 6.07 Å². The minimum atomic E-state index is -1.04. The van der Waals surface area contributed by atoms with E-state index in [1.54, 1.807) is 12.1 Å². The Kier molecular flexibility index (Phi) is 5.80. The number of carbonyl (C=O) groups is 2. The highest BCUT2D eigenvalue weighted by atomic mass is 35.5. The lowest BCUT2D eigenvalue weighted by atomic mass is 10.1. The van der Waals surface area contributed by atoms with Crippen LogP contribution in [0.25, 0.3) is 0 Å². The molecule has 1 amide bonds. The number of amides is 1. The molecule has 0 bridgehead atoms. The maximum atomic E-state index is 12.1. The minimum Gasteiger partial charge on any atom is -0.449 e. The Balaban J connectivity index is 2.03. The van der Waals surface area contributed by atoms with E-state index in [4.69, 9.17) is 33.2 Å². The van der Waals surface area contributed by atoms with E-state index in [-0.39, 0.29) is 5.56 Å². The number of esters is 1. The first-order valence-electron chi connectivity index (χ1n) is 6.87. The normalized spacial score (nSPS) is 11.2. The zero-order chi connectivity index (χ0) is 17.7. The van der Waals surface area contributed by atoms with Crippen molar-refractivity contribution in [3.8, 4) is 6.07 Å². The van der Waals surface area contributed by atoms with E-state index in [0.29, 0.717) is 21.3 Å². The second kappa shape index (κ2) is 7.82. The maximum Gasteiger partial charge on any atom is 0.338 e. The fraction of sp³-hybridized carbons (Fsp3) is 0.118. The summed E-state index contributed by atoms with van der Waals surface area (Å²) in [6.07, 6.45) is -1.04. The molecule has 1 N–H and O–H groups in total. The molecular formula is C17H12Cl2N2O3. The summed E-state index contributed by atoms with van der Waals surface area (Å²) < 4.78 is 5.10. The second-order valence-electron chi connectivity index (χ2n) is 4.89. The number of benzene rings is 2. The van der Waals surface area contributed by atoms with Crippen molar-refractivity contribution in [1.82, 2.24) is 0 Å². The topological polar surface area (TPSA) is 79.2 Å². The average Bonchev–Trinajstić information content (AvgIpc) is 2.53. The Hall–Kier alpha value is -2.55. The zero-order valence-electron chi connectivity index (χ0n) is 12.5. The van der Waals surface area contributed by atoms with Gasteiger partial charge in [-0.3, -0.25) is 4.79 Å². The van der Waals surface area contributed by atoms with E-state index in [1.165, 1.54) is 37.3 Å². The van der Waals surface area contributed by atoms with E-state index >= 15 is 0 Å². The minimum absolute atomic E-state index is 0.194. The first-order chi connectivity index (χ1) is 11.4. The number of anilines is 1. The lowest BCUT2D eigenvalue weighted by Gasteiger charge is -2.14. The van der Waals surface area contributed by atoms with E-state index in [0.717, 1.165) is 0 Å². The van der Waals surface area contributed by atoms with Gasteiger partial charge in [0.15, 0.2) is 6.10 Å². The molecule has 0 saturated carbocycles. The lowest BCUT2D eigenvalue weighted by Crippen LogP contribution is -2.30. The van der Waals surface area contributed by atoms with Gasteiger partial charge in [0.05, 0.1) is 17.2 Å². The fourth-order valence-corrected chi connectivity index (χ4v) is 2.39. The number of nitrogens with zero attached hydrogens (tertiary/aromatic N) is 1. The molecule has 0 fully saturated rings. The lowest BCUT2D eigenvalue weighted by molar-refractivity contribution is -0.123. The van der Waals surface area contributed by atoms with Crippen LogP contribution in [-0.2, 0) is 9.53 Å². The smallest absolute Gasteiger partial charge is 0.338 e. The molecule has 0 aromatic heterocycles. The predicted octanol–water partition coefficient (Wildman–Crippen LogP) is 4.05. The summed E-state index contributed by atoms with van der Waals surface area (Å²) in [7, 11) is 0. The molecule has 0 aliphatic heterocycles. The van der Waals surface area contributed by atoms with Crippen LogP contribution in [0.2, 0.25) is 10.0 Å². The van der Waals surface area contributed by atoms with Crippen LogP contribution in [0.4, 0.5) is 5.69 Å². The van der Waals surface area contributed by atoms with E-state index in [9.17, 15) is 9.59 Å². The summed E-state index contributed by atoms with van der Waals surface area (Å²) in [4.78, 5) is 24.1. The Morgan fingerprint density at radius 1 is 1.17 bits per heavy atom. The summed E-state index contributed by atoms with van der Waals surface area (Å²) in [5.74, 6) is -1.23. The monoisotopic (exact) mass is 362 g/mol. The highest BCUT2D eigenvalue weighted by Crippen LogP contribution is 2.22. The molecule has 7 heteroatoms. The molecule has 1 atom stereocenters. The predicted molar refractivity (Wildman–Crippen MR) is 91.1 cm³/mol.